The highest BCUT2D eigenvalue weighted by molar-refractivity contribution is 7.16. The molecule has 0 spiro atoms. The van der Waals surface area contributed by atoms with Crippen molar-refractivity contribution in [3.05, 3.63) is 46.8 Å². The zero-order chi connectivity index (χ0) is 15.6. The fraction of sp³-hybridized carbons (Fsp3) is 0.250. The lowest BCUT2D eigenvalue weighted by Crippen LogP contribution is -2.08. The standard InChI is InChI=1S/C16H16O4S/c1-9(15(17)18)12-8-13(10(2)16(19)20)21-14(12)11-6-4-3-5-7-11/h3-10H,1-2H3,(H,17,18)(H,19,20). The van der Waals surface area contributed by atoms with Gasteiger partial charge < -0.3 is 10.2 Å². The number of carboxylic acids is 2. The predicted molar refractivity (Wildman–Crippen MR) is 81.9 cm³/mol. The first-order chi connectivity index (χ1) is 9.91. The van der Waals surface area contributed by atoms with Gasteiger partial charge in [0.25, 0.3) is 0 Å². The van der Waals surface area contributed by atoms with Crippen molar-refractivity contribution in [3.8, 4) is 10.4 Å². The van der Waals surface area contributed by atoms with Crippen molar-refractivity contribution in [1.29, 1.82) is 0 Å². The third kappa shape index (κ3) is 3.13. The SMILES string of the molecule is CC(C(=O)O)c1cc(C(C)C(=O)O)c(-c2ccccc2)s1. The summed E-state index contributed by atoms with van der Waals surface area (Å²) in [6.45, 7) is 3.23. The number of rotatable bonds is 5. The Hall–Kier alpha value is -2.14. The fourth-order valence-corrected chi connectivity index (χ4v) is 3.34. The first-order valence-corrected chi connectivity index (χ1v) is 7.38. The van der Waals surface area contributed by atoms with Crippen molar-refractivity contribution in [3.63, 3.8) is 0 Å². The lowest BCUT2D eigenvalue weighted by molar-refractivity contribution is -0.139. The molecule has 0 amide bonds. The van der Waals surface area contributed by atoms with E-state index in [-0.39, 0.29) is 0 Å². The van der Waals surface area contributed by atoms with Gasteiger partial charge in [0.2, 0.25) is 0 Å². The molecule has 2 unspecified atom stereocenters. The molecule has 0 fully saturated rings. The van der Waals surface area contributed by atoms with Gasteiger partial charge in [0.1, 0.15) is 0 Å². The maximum atomic E-state index is 11.3. The zero-order valence-corrected chi connectivity index (χ0v) is 12.6. The smallest absolute Gasteiger partial charge is 0.311 e. The molecule has 0 saturated heterocycles. The van der Waals surface area contributed by atoms with Gasteiger partial charge in [0, 0.05) is 9.75 Å². The van der Waals surface area contributed by atoms with Gasteiger partial charge in [0.05, 0.1) is 11.8 Å². The normalized spacial score (nSPS) is 13.6. The molecule has 0 aliphatic carbocycles. The number of hydrogen-bond acceptors (Lipinski definition) is 3. The molecular weight excluding hydrogens is 288 g/mol. The van der Waals surface area contributed by atoms with Crippen molar-refractivity contribution < 1.29 is 19.8 Å². The van der Waals surface area contributed by atoms with Crippen LogP contribution in [0.3, 0.4) is 0 Å². The van der Waals surface area contributed by atoms with Crippen molar-refractivity contribution in [1.82, 2.24) is 0 Å². The molecule has 4 nitrogen and oxygen atoms in total. The molecule has 0 aliphatic rings. The molecule has 2 N–H and O–H groups in total. The number of aliphatic carboxylic acids is 2. The van der Waals surface area contributed by atoms with E-state index in [1.807, 2.05) is 30.3 Å². The molecular formula is C16H16O4S. The summed E-state index contributed by atoms with van der Waals surface area (Å²) >= 11 is 1.35. The summed E-state index contributed by atoms with van der Waals surface area (Å²) in [5.74, 6) is -3.15. The summed E-state index contributed by atoms with van der Waals surface area (Å²) in [4.78, 5) is 23.9. The van der Waals surface area contributed by atoms with Crippen LogP contribution in [0.5, 0.6) is 0 Å². The molecule has 0 radical (unpaired) electrons. The monoisotopic (exact) mass is 304 g/mol. The molecule has 5 heteroatoms. The first kappa shape index (κ1) is 15.3. The Kier molecular flexibility index (Phi) is 4.43. The second-order valence-corrected chi connectivity index (χ2v) is 6.00. The van der Waals surface area contributed by atoms with E-state index < -0.39 is 23.8 Å². The minimum absolute atomic E-state index is 0.646. The lowest BCUT2D eigenvalue weighted by atomic mass is 9.97. The average Bonchev–Trinajstić information content (AvgIpc) is 2.91. The zero-order valence-electron chi connectivity index (χ0n) is 11.7. The van der Waals surface area contributed by atoms with Gasteiger partial charge >= 0.3 is 11.9 Å². The van der Waals surface area contributed by atoms with E-state index >= 15 is 0 Å². The third-order valence-electron chi connectivity index (χ3n) is 3.45. The third-order valence-corrected chi connectivity index (χ3v) is 4.83. The Morgan fingerprint density at radius 1 is 1.00 bits per heavy atom. The summed E-state index contributed by atoms with van der Waals surface area (Å²) in [6, 6.07) is 11.2. The summed E-state index contributed by atoms with van der Waals surface area (Å²) in [6.07, 6.45) is 0. The van der Waals surface area contributed by atoms with Gasteiger partial charge in [-0.05, 0) is 31.0 Å². The Bertz CT molecular complexity index is 660. The van der Waals surface area contributed by atoms with Crippen LogP contribution in [0, 0.1) is 0 Å². The van der Waals surface area contributed by atoms with E-state index in [1.165, 1.54) is 11.3 Å². The van der Waals surface area contributed by atoms with Crippen LogP contribution < -0.4 is 0 Å². The second-order valence-electron chi connectivity index (χ2n) is 4.92. The molecule has 21 heavy (non-hydrogen) atoms. The van der Waals surface area contributed by atoms with Crippen molar-refractivity contribution in [2.75, 3.05) is 0 Å². The Labute approximate surface area is 126 Å². The summed E-state index contributed by atoms with van der Waals surface area (Å²) < 4.78 is 0. The second kappa shape index (κ2) is 6.10. The Morgan fingerprint density at radius 2 is 1.57 bits per heavy atom. The Balaban J connectivity index is 2.56. The van der Waals surface area contributed by atoms with Crippen LogP contribution >= 0.6 is 11.3 Å². The molecule has 0 bridgehead atoms. The molecule has 2 aromatic rings. The van der Waals surface area contributed by atoms with Crippen LogP contribution in [0.25, 0.3) is 10.4 Å². The minimum Gasteiger partial charge on any atom is -0.481 e. The van der Waals surface area contributed by atoms with E-state index in [9.17, 15) is 14.7 Å². The predicted octanol–water partition coefficient (Wildman–Crippen LogP) is 3.79. The maximum absolute atomic E-state index is 11.3. The van der Waals surface area contributed by atoms with Gasteiger partial charge in [0.15, 0.2) is 0 Å². The van der Waals surface area contributed by atoms with Crippen LogP contribution in [-0.4, -0.2) is 22.2 Å². The van der Waals surface area contributed by atoms with Gasteiger partial charge in [-0.15, -0.1) is 11.3 Å². The molecule has 1 aromatic carbocycles. The highest BCUT2D eigenvalue weighted by Crippen LogP contribution is 2.39. The number of benzene rings is 1. The molecule has 2 rings (SSSR count). The van der Waals surface area contributed by atoms with E-state index in [4.69, 9.17) is 5.11 Å². The maximum Gasteiger partial charge on any atom is 0.311 e. The van der Waals surface area contributed by atoms with Gasteiger partial charge in [-0.25, -0.2) is 0 Å². The fourth-order valence-electron chi connectivity index (χ4n) is 2.03. The summed E-state index contributed by atoms with van der Waals surface area (Å²) in [5, 5.41) is 18.4. The molecule has 1 heterocycles. The largest absolute Gasteiger partial charge is 0.481 e. The van der Waals surface area contributed by atoms with Crippen LogP contribution in [0.15, 0.2) is 36.4 Å². The van der Waals surface area contributed by atoms with Crippen LogP contribution in [0.2, 0.25) is 0 Å². The molecule has 1 aromatic heterocycles. The topological polar surface area (TPSA) is 74.6 Å². The number of carboxylic acid groups (broad SMARTS) is 2. The lowest BCUT2D eigenvalue weighted by Gasteiger charge is -2.07. The summed E-state index contributed by atoms with van der Waals surface area (Å²) in [5.41, 5.74) is 1.58. The first-order valence-electron chi connectivity index (χ1n) is 6.56. The number of carbonyl (C=O) groups is 2. The molecule has 110 valence electrons. The van der Waals surface area contributed by atoms with E-state index in [0.29, 0.717) is 10.4 Å². The van der Waals surface area contributed by atoms with E-state index in [2.05, 4.69) is 0 Å². The van der Waals surface area contributed by atoms with Crippen LogP contribution in [0.4, 0.5) is 0 Å². The van der Waals surface area contributed by atoms with Crippen LogP contribution in [0.1, 0.15) is 36.1 Å². The van der Waals surface area contributed by atoms with Gasteiger partial charge in [-0.2, -0.15) is 0 Å². The number of thiophene rings is 1. The number of hydrogen-bond donors (Lipinski definition) is 2. The highest BCUT2D eigenvalue weighted by Gasteiger charge is 2.25. The van der Waals surface area contributed by atoms with Crippen molar-refractivity contribution in [2.45, 2.75) is 25.7 Å². The minimum atomic E-state index is -0.917. The van der Waals surface area contributed by atoms with E-state index in [1.54, 1.807) is 19.9 Å². The van der Waals surface area contributed by atoms with Gasteiger partial charge in [-0.1, -0.05) is 30.3 Å². The average molecular weight is 304 g/mol. The van der Waals surface area contributed by atoms with E-state index in [0.717, 1.165) is 10.4 Å². The highest BCUT2D eigenvalue weighted by atomic mass is 32.1. The van der Waals surface area contributed by atoms with Crippen molar-refractivity contribution in [2.24, 2.45) is 0 Å². The quantitative estimate of drug-likeness (QED) is 0.881. The Morgan fingerprint density at radius 3 is 2.10 bits per heavy atom. The summed E-state index contributed by atoms with van der Waals surface area (Å²) in [7, 11) is 0. The van der Waals surface area contributed by atoms with Crippen LogP contribution in [-0.2, 0) is 9.59 Å². The molecule has 0 aliphatic heterocycles. The molecule has 0 saturated carbocycles. The van der Waals surface area contributed by atoms with Crippen molar-refractivity contribution >= 4 is 23.3 Å². The molecule has 2 atom stereocenters. The van der Waals surface area contributed by atoms with Gasteiger partial charge in [-0.3, -0.25) is 9.59 Å².